The maximum absolute atomic E-state index is 11.3. The number of rotatable bonds is 5. The first-order chi connectivity index (χ1) is 8.02. The largest absolute Gasteiger partial charge is 0.479 e. The molecule has 0 radical (unpaired) electrons. The molecule has 94 valence electrons. The summed E-state index contributed by atoms with van der Waals surface area (Å²) in [7, 11) is 0. The molecule has 1 atom stereocenters. The number of carboxylic acid groups (broad SMARTS) is 1. The van der Waals surface area contributed by atoms with Crippen LogP contribution in [0, 0.1) is 0 Å². The van der Waals surface area contributed by atoms with Gasteiger partial charge in [0, 0.05) is 12.7 Å². The van der Waals surface area contributed by atoms with E-state index in [1.54, 1.807) is 10.9 Å². The van der Waals surface area contributed by atoms with Crippen LogP contribution in [0.2, 0.25) is 0 Å². The molecule has 1 rings (SSSR count). The monoisotopic (exact) mass is 242 g/mol. The van der Waals surface area contributed by atoms with Crippen LogP contribution in [0.5, 0.6) is 0 Å². The molecule has 8 heteroatoms. The first kappa shape index (κ1) is 13.0. The highest BCUT2D eigenvalue weighted by Crippen LogP contribution is 2.03. The molecule has 0 aliphatic heterocycles. The van der Waals surface area contributed by atoms with Gasteiger partial charge in [-0.15, -0.1) is 0 Å². The average Bonchev–Trinajstić information content (AvgIpc) is 2.73. The molecule has 0 spiro atoms. The number of aliphatic carboxylic acids is 1. The molecule has 4 N–H and O–H groups in total. The van der Waals surface area contributed by atoms with E-state index in [-0.39, 0.29) is 6.54 Å². The lowest BCUT2D eigenvalue weighted by atomic mass is 10.4. The fraction of sp³-hybridized carbons (Fsp3) is 0.444. The lowest BCUT2D eigenvalue weighted by Gasteiger charge is -2.07. The molecule has 0 fully saturated rings. The van der Waals surface area contributed by atoms with Gasteiger partial charge in [0.05, 0.1) is 18.4 Å². The Hall–Kier alpha value is -2.09. The highest BCUT2D eigenvalue weighted by atomic mass is 16.4. The predicted molar refractivity (Wildman–Crippen MR) is 58.6 cm³/mol. The van der Waals surface area contributed by atoms with Crippen LogP contribution in [-0.4, -0.2) is 44.6 Å². The number of nitrogens with zero attached hydrogens (tertiary/aromatic N) is 2. The minimum atomic E-state index is -1.61. The molecular weight excluding hydrogens is 228 g/mol. The zero-order chi connectivity index (χ0) is 12.8. The Kier molecular flexibility index (Phi) is 4.46. The second kappa shape index (κ2) is 5.85. The standard InChI is InChI=1S/C9H14N4O4/c1-2-13-5-6(3-11-13)12-9(17)10-4-7(14)8(15)16/h3,5,7,14H,2,4H2,1H3,(H,15,16)(H2,10,12,17)/t7-/m0/s1. The van der Waals surface area contributed by atoms with Gasteiger partial charge < -0.3 is 20.8 Å². The summed E-state index contributed by atoms with van der Waals surface area (Å²) in [4.78, 5) is 21.6. The van der Waals surface area contributed by atoms with Crippen molar-refractivity contribution in [3.05, 3.63) is 12.4 Å². The summed E-state index contributed by atoms with van der Waals surface area (Å²) < 4.78 is 1.63. The van der Waals surface area contributed by atoms with E-state index in [1.165, 1.54) is 6.20 Å². The molecule has 1 aromatic heterocycles. The van der Waals surface area contributed by atoms with E-state index >= 15 is 0 Å². The van der Waals surface area contributed by atoms with E-state index in [1.807, 2.05) is 6.92 Å². The van der Waals surface area contributed by atoms with E-state index in [0.29, 0.717) is 12.2 Å². The van der Waals surface area contributed by atoms with Crippen molar-refractivity contribution in [1.82, 2.24) is 15.1 Å². The SMILES string of the molecule is CCn1cc(NC(=O)NC[C@H](O)C(=O)O)cn1. The lowest BCUT2D eigenvalue weighted by Crippen LogP contribution is -2.38. The van der Waals surface area contributed by atoms with Crippen molar-refractivity contribution in [3.63, 3.8) is 0 Å². The number of carbonyl (C=O) groups excluding carboxylic acids is 1. The van der Waals surface area contributed by atoms with Crippen molar-refractivity contribution >= 4 is 17.7 Å². The minimum Gasteiger partial charge on any atom is -0.479 e. The lowest BCUT2D eigenvalue weighted by molar-refractivity contribution is -0.146. The summed E-state index contributed by atoms with van der Waals surface area (Å²) >= 11 is 0. The number of amides is 2. The van der Waals surface area contributed by atoms with E-state index in [0.717, 1.165) is 0 Å². The van der Waals surface area contributed by atoms with Gasteiger partial charge >= 0.3 is 12.0 Å². The third kappa shape index (κ3) is 4.11. The van der Waals surface area contributed by atoms with Crippen LogP contribution in [0.25, 0.3) is 0 Å². The highest BCUT2D eigenvalue weighted by molar-refractivity contribution is 5.89. The van der Waals surface area contributed by atoms with Crippen LogP contribution in [0.1, 0.15) is 6.92 Å². The van der Waals surface area contributed by atoms with Crippen molar-refractivity contribution in [3.8, 4) is 0 Å². The van der Waals surface area contributed by atoms with Crippen molar-refractivity contribution in [2.45, 2.75) is 19.6 Å². The Labute approximate surface area is 97.2 Å². The molecule has 17 heavy (non-hydrogen) atoms. The first-order valence-corrected chi connectivity index (χ1v) is 5.01. The first-order valence-electron chi connectivity index (χ1n) is 5.01. The molecule has 0 bridgehead atoms. The summed E-state index contributed by atoms with van der Waals surface area (Å²) in [6, 6.07) is -0.596. The third-order valence-corrected chi connectivity index (χ3v) is 1.96. The molecule has 0 aromatic carbocycles. The average molecular weight is 242 g/mol. The number of hydrogen-bond acceptors (Lipinski definition) is 4. The minimum absolute atomic E-state index is 0.358. The summed E-state index contributed by atoms with van der Waals surface area (Å²) in [5.74, 6) is -1.39. The number of urea groups is 1. The Morgan fingerprint density at radius 3 is 2.82 bits per heavy atom. The van der Waals surface area contributed by atoms with Gasteiger partial charge in [0.25, 0.3) is 0 Å². The molecule has 0 aliphatic carbocycles. The van der Waals surface area contributed by atoms with Crippen molar-refractivity contribution in [2.24, 2.45) is 0 Å². The molecule has 0 saturated heterocycles. The summed E-state index contributed by atoms with van der Waals surface area (Å²) in [6.07, 6.45) is 1.49. The highest BCUT2D eigenvalue weighted by Gasteiger charge is 2.14. The molecule has 0 aliphatic rings. The van der Waals surface area contributed by atoms with Gasteiger partial charge in [0.1, 0.15) is 0 Å². The molecule has 0 unspecified atom stereocenters. The van der Waals surface area contributed by atoms with Crippen LogP contribution >= 0.6 is 0 Å². The molecular formula is C9H14N4O4. The van der Waals surface area contributed by atoms with Gasteiger partial charge in [-0.2, -0.15) is 5.10 Å². The van der Waals surface area contributed by atoms with Crippen LogP contribution in [0.4, 0.5) is 10.5 Å². The van der Waals surface area contributed by atoms with Gasteiger partial charge in [-0.1, -0.05) is 0 Å². The third-order valence-electron chi connectivity index (χ3n) is 1.96. The molecule has 1 heterocycles. The van der Waals surface area contributed by atoms with Gasteiger partial charge in [-0.05, 0) is 6.92 Å². The summed E-state index contributed by atoms with van der Waals surface area (Å²) in [6.45, 7) is 2.23. The summed E-state index contributed by atoms with van der Waals surface area (Å²) in [5.41, 5.74) is 0.495. The fourth-order valence-corrected chi connectivity index (χ4v) is 1.05. The Bertz CT molecular complexity index is 403. The van der Waals surface area contributed by atoms with Gasteiger partial charge in [0.15, 0.2) is 6.10 Å². The van der Waals surface area contributed by atoms with Crippen LogP contribution < -0.4 is 10.6 Å². The second-order valence-electron chi connectivity index (χ2n) is 3.27. The fourth-order valence-electron chi connectivity index (χ4n) is 1.05. The number of nitrogens with one attached hydrogen (secondary N) is 2. The Morgan fingerprint density at radius 1 is 1.59 bits per heavy atom. The summed E-state index contributed by atoms with van der Waals surface area (Å²) in [5, 5.41) is 25.9. The van der Waals surface area contributed by atoms with E-state index in [9.17, 15) is 9.59 Å². The number of anilines is 1. The Morgan fingerprint density at radius 2 is 2.29 bits per heavy atom. The maximum Gasteiger partial charge on any atom is 0.334 e. The number of carboxylic acids is 1. The number of aliphatic hydroxyl groups excluding tert-OH is 1. The maximum atomic E-state index is 11.3. The predicted octanol–water partition coefficient (Wildman–Crippen LogP) is -0.530. The van der Waals surface area contributed by atoms with Crippen molar-refractivity contribution in [2.75, 3.05) is 11.9 Å². The topological polar surface area (TPSA) is 116 Å². The molecule has 8 nitrogen and oxygen atoms in total. The van der Waals surface area contributed by atoms with Gasteiger partial charge in [0.2, 0.25) is 0 Å². The number of hydrogen-bond donors (Lipinski definition) is 4. The van der Waals surface area contributed by atoms with Crippen molar-refractivity contribution < 1.29 is 19.8 Å². The molecule has 0 saturated carbocycles. The van der Waals surface area contributed by atoms with Gasteiger partial charge in [-0.3, -0.25) is 4.68 Å². The number of aromatic nitrogens is 2. The number of aryl methyl sites for hydroxylation is 1. The normalized spacial score (nSPS) is 11.9. The van der Waals surface area contributed by atoms with Crippen LogP contribution in [0.3, 0.4) is 0 Å². The van der Waals surface area contributed by atoms with Gasteiger partial charge in [-0.25, -0.2) is 9.59 Å². The van der Waals surface area contributed by atoms with Crippen molar-refractivity contribution in [1.29, 1.82) is 0 Å². The van der Waals surface area contributed by atoms with E-state index < -0.39 is 18.1 Å². The zero-order valence-electron chi connectivity index (χ0n) is 9.25. The van der Waals surface area contributed by atoms with Crippen LogP contribution in [0.15, 0.2) is 12.4 Å². The smallest absolute Gasteiger partial charge is 0.334 e. The molecule has 2 amide bonds. The van der Waals surface area contributed by atoms with Crippen LogP contribution in [-0.2, 0) is 11.3 Å². The number of carbonyl (C=O) groups is 2. The second-order valence-corrected chi connectivity index (χ2v) is 3.27. The zero-order valence-corrected chi connectivity index (χ0v) is 9.25. The quantitative estimate of drug-likeness (QED) is 0.554. The van der Waals surface area contributed by atoms with E-state index in [4.69, 9.17) is 10.2 Å². The Balaban J connectivity index is 2.37. The van der Waals surface area contributed by atoms with E-state index in [2.05, 4.69) is 15.7 Å². The molecule has 1 aromatic rings. The number of aliphatic hydroxyl groups is 1.